The lowest BCUT2D eigenvalue weighted by Crippen LogP contribution is -2.29. The van der Waals surface area contributed by atoms with Gasteiger partial charge in [0, 0.05) is 13.1 Å². The van der Waals surface area contributed by atoms with Crippen LogP contribution in [0.3, 0.4) is 0 Å². The van der Waals surface area contributed by atoms with E-state index in [0.29, 0.717) is 21.8 Å². The molecule has 0 atom stereocenters. The number of para-hydroxylation sites is 1. The fraction of sp³-hybridized carbons (Fsp3) is 0.357. The van der Waals surface area contributed by atoms with Crippen LogP contribution in [-0.2, 0) is 4.79 Å². The van der Waals surface area contributed by atoms with Crippen molar-refractivity contribution in [2.24, 2.45) is 0 Å². The smallest absolute Gasteiger partial charge is 0.259 e. The highest BCUT2D eigenvalue weighted by atomic mass is 32.2. The predicted molar refractivity (Wildman–Crippen MR) is 78.9 cm³/mol. The minimum absolute atomic E-state index is 0.114. The monoisotopic (exact) mass is 289 g/mol. The molecule has 0 aliphatic carbocycles. The van der Waals surface area contributed by atoms with Gasteiger partial charge in [0.05, 0.1) is 16.7 Å². The normalized spacial score (nSPS) is 14.9. The number of carbonyl (C=O) groups is 1. The number of fused-ring (bicyclic) bond motifs is 1. The van der Waals surface area contributed by atoms with Gasteiger partial charge in [-0.15, -0.1) is 0 Å². The van der Waals surface area contributed by atoms with E-state index in [1.165, 1.54) is 11.8 Å². The van der Waals surface area contributed by atoms with Crippen LogP contribution in [-0.4, -0.2) is 39.6 Å². The molecule has 0 bridgehead atoms. The van der Waals surface area contributed by atoms with E-state index in [2.05, 4.69) is 9.97 Å². The molecule has 0 unspecified atom stereocenters. The van der Waals surface area contributed by atoms with E-state index < -0.39 is 0 Å². The summed E-state index contributed by atoms with van der Waals surface area (Å²) in [5, 5.41) is 1.07. The van der Waals surface area contributed by atoms with E-state index >= 15 is 0 Å². The molecule has 1 fully saturated rings. The van der Waals surface area contributed by atoms with Gasteiger partial charge >= 0.3 is 0 Å². The van der Waals surface area contributed by atoms with E-state index in [1.54, 1.807) is 12.1 Å². The number of aromatic nitrogens is 2. The van der Waals surface area contributed by atoms with Crippen LogP contribution < -0.4 is 5.56 Å². The molecule has 2 aromatic rings. The Hall–Kier alpha value is -1.82. The van der Waals surface area contributed by atoms with Crippen molar-refractivity contribution in [2.75, 3.05) is 18.8 Å². The van der Waals surface area contributed by atoms with Gasteiger partial charge in [-0.05, 0) is 25.0 Å². The van der Waals surface area contributed by atoms with Gasteiger partial charge in [0.1, 0.15) is 0 Å². The number of H-pyrrole nitrogens is 1. The lowest BCUT2D eigenvalue weighted by atomic mass is 10.2. The molecule has 0 spiro atoms. The highest BCUT2D eigenvalue weighted by Crippen LogP contribution is 2.16. The summed E-state index contributed by atoms with van der Waals surface area (Å²) in [4.78, 5) is 32.8. The highest BCUT2D eigenvalue weighted by Gasteiger charge is 2.18. The molecule has 1 aromatic carbocycles. The molecule has 3 rings (SSSR count). The zero-order valence-corrected chi connectivity index (χ0v) is 11.8. The number of amides is 1. The molecular weight excluding hydrogens is 274 g/mol. The van der Waals surface area contributed by atoms with Crippen LogP contribution in [0.15, 0.2) is 34.2 Å². The lowest BCUT2D eigenvalue weighted by molar-refractivity contribution is -0.127. The number of thioether (sulfide) groups is 1. The van der Waals surface area contributed by atoms with Crippen molar-refractivity contribution in [3.63, 3.8) is 0 Å². The van der Waals surface area contributed by atoms with E-state index in [0.717, 1.165) is 25.9 Å². The predicted octanol–water partition coefficient (Wildman–Crippen LogP) is 1.64. The Kier molecular flexibility index (Phi) is 3.73. The van der Waals surface area contributed by atoms with Crippen LogP contribution >= 0.6 is 11.8 Å². The summed E-state index contributed by atoms with van der Waals surface area (Å²) in [6, 6.07) is 7.20. The molecule has 1 amide bonds. The molecule has 5 nitrogen and oxygen atoms in total. The fourth-order valence-corrected chi connectivity index (χ4v) is 3.09. The first-order valence-corrected chi connectivity index (χ1v) is 7.62. The molecule has 1 aliphatic rings. The molecule has 104 valence electrons. The summed E-state index contributed by atoms with van der Waals surface area (Å²) >= 11 is 1.29. The molecule has 0 radical (unpaired) electrons. The third-order valence-corrected chi connectivity index (χ3v) is 4.24. The van der Waals surface area contributed by atoms with Gasteiger partial charge in [0.2, 0.25) is 5.91 Å². The van der Waals surface area contributed by atoms with Gasteiger partial charge in [-0.25, -0.2) is 4.98 Å². The van der Waals surface area contributed by atoms with Crippen LogP contribution in [0.4, 0.5) is 0 Å². The van der Waals surface area contributed by atoms with Crippen molar-refractivity contribution < 1.29 is 4.79 Å². The van der Waals surface area contributed by atoms with E-state index in [1.807, 2.05) is 17.0 Å². The fourth-order valence-electron chi connectivity index (χ4n) is 2.32. The van der Waals surface area contributed by atoms with Crippen LogP contribution in [0, 0.1) is 0 Å². The SMILES string of the molecule is O=C(CSc1nc2ccccc2c(=O)[nH]1)N1CCCC1. The number of hydrogen-bond donors (Lipinski definition) is 1. The summed E-state index contributed by atoms with van der Waals surface area (Å²) < 4.78 is 0. The van der Waals surface area contributed by atoms with Crippen molar-refractivity contribution in [1.82, 2.24) is 14.9 Å². The quantitative estimate of drug-likeness (QED) is 0.689. The summed E-state index contributed by atoms with van der Waals surface area (Å²) in [5.41, 5.74) is 0.499. The zero-order chi connectivity index (χ0) is 13.9. The second-order valence-electron chi connectivity index (χ2n) is 4.76. The second kappa shape index (κ2) is 5.66. The molecule has 1 aromatic heterocycles. The van der Waals surface area contributed by atoms with Crippen LogP contribution in [0.5, 0.6) is 0 Å². The highest BCUT2D eigenvalue weighted by molar-refractivity contribution is 7.99. The maximum absolute atomic E-state index is 12.0. The summed E-state index contributed by atoms with van der Waals surface area (Å²) in [5.74, 6) is 0.435. The molecule has 0 saturated carbocycles. The van der Waals surface area contributed by atoms with Crippen molar-refractivity contribution in [2.45, 2.75) is 18.0 Å². The molecule has 2 heterocycles. The molecule has 6 heteroatoms. The average Bonchev–Trinajstić information content (AvgIpc) is 2.99. The molecule has 1 saturated heterocycles. The van der Waals surface area contributed by atoms with Crippen LogP contribution in [0.1, 0.15) is 12.8 Å². The number of carbonyl (C=O) groups excluding carboxylic acids is 1. The van der Waals surface area contributed by atoms with Gasteiger partial charge in [0.15, 0.2) is 5.16 Å². The van der Waals surface area contributed by atoms with Gasteiger partial charge in [-0.2, -0.15) is 0 Å². The number of benzene rings is 1. The number of hydrogen-bond acceptors (Lipinski definition) is 4. The van der Waals surface area contributed by atoms with Crippen LogP contribution in [0.2, 0.25) is 0 Å². The largest absolute Gasteiger partial charge is 0.342 e. The first kappa shape index (κ1) is 13.2. The minimum Gasteiger partial charge on any atom is -0.342 e. The average molecular weight is 289 g/mol. The van der Waals surface area contributed by atoms with Crippen molar-refractivity contribution in [1.29, 1.82) is 0 Å². The maximum Gasteiger partial charge on any atom is 0.259 e. The minimum atomic E-state index is -0.160. The van der Waals surface area contributed by atoms with E-state index in [-0.39, 0.29) is 11.5 Å². The Morgan fingerprint density at radius 2 is 2.05 bits per heavy atom. The standard InChI is InChI=1S/C14H15N3O2S/c18-12(17-7-3-4-8-17)9-20-14-15-11-6-2-1-5-10(11)13(19)16-14/h1-2,5-6H,3-4,7-9H2,(H,15,16,19). The van der Waals surface area contributed by atoms with Crippen LogP contribution in [0.25, 0.3) is 10.9 Å². The number of rotatable bonds is 3. The Morgan fingerprint density at radius 1 is 1.30 bits per heavy atom. The molecular formula is C14H15N3O2S. The summed E-state index contributed by atoms with van der Waals surface area (Å²) in [6.45, 7) is 1.70. The molecule has 20 heavy (non-hydrogen) atoms. The van der Waals surface area contributed by atoms with Gasteiger partial charge < -0.3 is 9.88 Å². The first-order valence-electron chi connectivity index (χ1n) is 6.64. The van der Waals surface area contributed by atoms with Crippen molar-refractivity contribution in [3.05, 3.63) is 34.6 Å². The molecule has 1 aliphatic heterocycles. The van der Waals surface area contributed by atoms with E-state index in [9.17, 15) is 9.59 Å². The lowest BCUT2D eigenvalue weighted by Gasteiger charge is -2.14. The van der Waals surface area contributed by atoms with Crippen molar-refractivity contribution in [3.8, 4) is 0 Å². The van der Waals surface area contributed by atoms with Gasteiger partial charge in [0.25, 0.3) is 5.56 Å². The third-order valence-electron chi connectivity index (χ3n) is 3.38. The Bertz CT molecular complexity index is 692. The Balaban J connectivity index is 1.74. The third kappa shape index (κ3) is 2.70. The maximum atomic E-state index is 12.0. The molecule has 1 N–H and O–H groups in total. The summed E-state index contributed by atoms with van der Waals surface area (Å²) in [6.07, 6.45) is 2.17. The Morgan fingerprint density at radius 3 is 2.85 bits per heavy atom. The van der Waals surface area contributed by atoms with Gasteiger partial charge in [-0.3, -0.25) is 9.59 Å². The van der Waals surface area contributed by atoms with Gasteiger partial charge in [-0.1, -0.05) is 23.9 Å². The second-order valence-corrected chi connectivity index (χ2v) is 5.73. The number of nitrogens with zero attached hydrogens (tertiary/aromatic N) is 2. The van der Waals surface area contributed by atoms with E-state index in [4.69, 9.17) is 0 Å². The zero-order valence-electron chi connectivity index (χ0n) is 11.0. The number of nitrogens with one attached hydrogen (secondary N) is 1. The first-order chi connectivity index (χ1) is 9.74. The number of likely N-dealkylation sites (tertiary alicyclic amines) is 1. The topological polar surface area (TPSA) is 66.1 Å². The van der Waals surface area contributed by atoms with Crippen molar-refractivity contribution >= 4 is 28.6 Å². The Labute approximate surface area is 120 Å². The number of aromatic amines is 1. The summed E-state index contributed by atoms with van der Waals surface area (Å²) in [7, 11) is 0.